The maximum atomic E-state index is 14.3. The molecule has 2 heterocycles. The van der Waals surface area contributed by atoms with Gasteiger partial charge in [0.2, 0.25) is 0 Å². The molecule has 3 aromatic rings. The van der Waals surface area contributed by atoms with E-state index in [0.717, 1.165) is 10.6 Å². The Kier molecular flexibility index (Phi) is 6.79. The van der Waals surface area contributed by atoms with Gasteiger partial charge < -0.3 is 14.6 Å². The van der Waals surface area contributed by atoms with Crippen molar-refractivity contribution in [3.63, 3.8) is 0 Å². The zero-order valence-electron chi connectivity index (χ0n) is 19.7. The molecule has 1 fully saturated rings. The van der Waals surface area contributed by atoms with E-state index >= 15 is 0 Å². The number of benzene rings is 2. The van der Waals surface area contributed by atoms with Gasteiger partial charge in [-0.05, 0) is 43.2 Å². The van der Waals surface area contributed by atoms with E-state index in [2.05, 4.69) is 0 Å². The van der Waals surface area contributed by atoms with Crippen LogP contribution in [0, 0.1) is 0 Å². The third-order valence-electron chi connectivity index (χ3n) is 6.35. The van der Waals surface area contributed by atoms with E-state index in [1.165, 1.54) is 9.80 Å². The van der Waals surface area contributed by atoms with Gasteiger partial charge in [0.1, 0.15) is 11.4 Å². The second kappa shape index (κ2) is 9.54. The first-order valence-electron chi connectivity index (χ1n) is 11.3. The summed E-state index contributed by atoms with van der Waals surface area (Å²) in [4.78, 5) is 28.2. The third-order valence-corrected chi connectivity index (χ3v) is 6.60. The number of carbonyl (C=O) groups excluding carboxylic acids is 1. The lowest BCUT2D eigenvalue weighted by Crippen LogP contribution is -2.62. The van der Waals surface area contributed by atoms with Gasteiger partial charge in [-0.15, -0.1) is 0 Å². The highest BCUT2D eigenvalue weighted by atomic mass is 35.5. The molecule has 2 aromatic carbocycles. The number of alkyl halides is 3. The van der Waals surface area contributed by atoms with Crippen molar-refractivity contribution in [3.8, 4) is 11.1 Å². The molecule has 0 unspecified atom stereocenters. The molecule has 1 N–H and O–H groups in total. The molecule has 190 valence electrons. The number of rotatable bonds is 4. The first-order chi connectivity index (χ1) is 16.9. The molecule has 1 aliphatic heterocycles. The summed E-state index contributed by atoms with van der Waals surface area (Å²) >= 11 is 6.00. The summed E-state index contributed by atoms with van der Waals surface area (Å²) in [5.41, 5.74) is -0.798. The third kappa shape index (κ3) is 5.06. The molecule has 1 saturated heterocycles. The number of carboxylic acid groups (broad SMARTS) is 1. The van der Waals surface area contributed by atoms with Crippen LogP contribution in [0.15, 0.2) is 60.7 Å². The maximum absolute atomic E-state index is 14.3. The van der Waals surface area contributed by atoms with Crippen LogP contribution in [-0.2, 0) is 12.7 Å². The van der Waals surface area contributed by atoms with Crippen LogP contribution in [-0.4, -0.2) is 56.6 Å². The molecule has 10 heteroatoms. The van der Waals surface area contributed by atoms with Gasteiger partial charge in [0.15, 0.2) is 0 Å². The zero-order valence-corrected chi connectivity index (χ0v) is 20.5. The number of hydrogen-bond acceptors (Lipinski definition) is 2. The largest absolute Gasteiger partial charge is 0.465 e. The molecule has 0 bridgehead atoms. The van der Waals surface area contributed by atoms with Crippen LogP contribution < -0.4 is 0 Å². The van der Waals surface area contributed by atoms with Gasteiger partial charge in [0.25, 0.3) is 5.91 Å². The van der Waals surface area contributed by atoms with Crippen LogP contribution in [0.1, 0.15) is 35.6 Å². The fourth-order valence-electron chi connectivity index (χ4n) is 4.63. The van der Waals surface area contributed by atoms with Crippen LogP contribution in [0.4, 0.5) is 18.0 Å². The Hall–Kier alpha value is -3.46. The number of hydrogen-bond donors (Lipinski definition) is 1. The topological polar surface area (TPSA) is 65.8 Å². The molecule has 4 rings (SSSR count). The molecule has 0 saturated carbocycles. The fraction of sp³-hybridized carbons (Fsp3) is 0.308. The average Bonchev–Trinajstić information content (AvgIpc) is 3.18. The summed E-state index contributed by atoms with van der Waals surface area (Å²) in [7, 11) is 0. The summed E-state index contributed by atoms with van der Waals surface area (Å²) in [5, 5.41) is 9.93. The standard InChI is InChI=1S/C26H25ClF3N3O3/c1-25(2)16-31(12-13-33(25)24(35)36)23(34)22-20(18-8-10-19(27)11-9-18)14-21(26(28,29)30)32(22)15-17-6-4-3-5-7-17/h3-11,14H,12-13,15-16H2,1-2H3,(H,35,36). The summed E-state index contributed by atoms with van der Waals surface area (Å²) in [6.07, 6.45) is -5.82. The molecule has 1 aromatic heterocycles. The van der Waals surface area contributed by atoms with Crippen molar-refractivity contribution in [1.82, 2.24) is 14.4 Å². The van der Waals surface area contributed by atoms with E-state index in [4.69, 9.17) is 11.6 Å². The summed E-state index contributed by atoms with van der Waals surface area (Å²) in [5.74, 6) is -0.593. The van der Waals surface area contributed by atoms with Crippen LogP contribution in [0.5, 0.6) is 0 Å². The molecule has 1 aliphatic rings. The van der Waals surface area contributed by atoms with Gasteiger partial charge in [0.05, 0.1) is 5.54 Å². The van der Waals surface area contributed by atoms with Crippen molar-refractivity contribution in [2.75, 3.05) is 19.6 Å². The molecular weight excluding hydrogens is 495 g/mol. The molecule has 0 radical (unpaired) electrons. The number of carbonyl (C=O) groups is 2. The zero-order chi connectivity index (χ0) is 26.3. The first-order valence-corrected chi connectivity index (χ1v) is 11.7. The number of halogens is 4. The van der Waals surface area contributed by atoms with Crippen molar-refractivity contribution in [2.24, 2.45) is 0 Å². The minimum atomic E-state index is -4.71. The highest BCUT2D eigenvalue weighted by molar-refractivity contribution is 6.30. The summed E-state index contributed by atoms with van der Waals surface area (Å²) in [6, 6.07) is 15.9. The van der Waals surface area contributed by atoms with Gasteiger partial charge in [-0.1, -0.05) is 54.1 Å². The lowest BCUT2D eigenvalue weighted by Gasteiger charge is -2.45. The van der Waals surface area contributed by atoms with Crippen LogP contribution >= 0.6 is 11.6 Å². The minimum absolute atomic E-state index is 0.0378. The fourth-order valence-corrected chi connectivity index (χ4v) is 4.75. The number of nitrogens with zero attached hydrogens (tertiary/aromatic N) is 3. The molecule has 0 spiro atoms. The van der Waals surface area contributed by atoms with E-state index in [9.17, 15) is 27.9 Å². The predicted octanol–water partition coefficient (Wildman–Crippen LogP) is 6.09. The summed E-state index contributed by atoms with van der Waals surface area (Å²) in [6.45, 7) is 3.36. The van der Waals surface area contributed by atoms with Crippen LogP contribution in [0.2, 0.25) is 5.02 Å². The molecule has 6 nitrogen and oxygen atoms in total. The Morgan fingerprint density at radius 3 is 2.22 bits per heavy atom. The molecular formula is C26H25ClF3N3O3. The van der Waals surface area contributed by atoms with Gasteiger partial charge in [-0.25, -0.2) is 4.79 Å². The Bertz CT molecular complexity index is 1270. The van der Waals surface area contributed by atoms with E-state index in [1.807, 2.05) is 0 Å². The Morgan fingerprint density at radius 1 is 1.03 bits per heavy atom. The van der Waals surface area contributed by atoms with Gasteiger partial charge >= 0.3 is 12.3 Å². The van der Waals surface area contributed by atoms with Crippen molar-refractivity contribution < 1.29 is 27.9 Å². The van der Waals surface area contributed by atoms with E-state index in [1.54, 1.807) is 68.4 Å². The summed E-state index contributed by atoms with van der Waals surface area (Å²) < 4.78 is 43.8. The lowest BCUT2D eigenvalue weighted by molar-refractivity contribution is -0.143. The molecule has 0 atom stereocenters. The van der Waals surface area contributed by atoms with E-state index in [0.29, 0.717) is 16.1 Å². The predicted molar refractivity (Wildman–Crippen MR) is 130 cm³/mol. The van der Waals surface area contributed by atoms with Gasteiger partial charge in [0, 0.05) is 36.8 Å². The smallest absolute Gasteiger partial charge is 0.431 e. The SMILES string of the molecule is CC1(C)CN(C(=O)c2c(-c3ccc(Cl)cc3)cc(C(F)(F)F)n2Cc2ccccc2)CCN1C(=O)O. The Balaban J connectivity index is 1.87. The Morgan fingerprint density at radius 2 is 1.67 bits per heavy atom. The van der Waals surface area contributed by atoms with Crippen LogP contribution in [0.25, 0.3) is 11.1 Å². The van der Waals surface area contributed by atoms with Gasteiger partial charge in [-0.3, -0.25) is 9.69 Å². The lowest BCUT2D eigenvalue weighted by atomic mass is 9.98. The maximum Gasteiger partial charge on any atom is 0.431 e. The first kappa shape index (κ1) is 25.6. The highest BCUT2D eigenvalue weighted by Gasteiger charge is 2.42. The van der Waals surface area contributed by atoms with E-state index in [-0.39, 0.29) is 37.4 Å². The number of aromatic nitrogens is 1. The molecule has 2 amide bonds. The second-order valence-corrected chi connectivity index (χ2v) is 9.78. The number of piperazine rings is 1. The van der Waals surface area contributed by atoms with Crippen molar-refractivity contribution in [1.29, 1.82) is 0 Å². The van der Waals surface area contributed by atoms with Crippen molar-refractivity contribution in [3.05, 3.63) is 82.6 Å². The van der Waals surface area contributed by atoms with Crippen molar-refractivity contribution >= 4 is 23.6 Å². The quantitative estimate of drug-likeness (QED) is 0.453. The highest BCUT2D eigenvalue weighted by Crippen LogP contribution is 2.38. The van der Waals surface area contributed by atoms with E-state index < -0.39 is 29.4 Å². The average molecular weight is 520 g/mol. The monoisotopic (exact) mass is 519 g/mol. The second-order valence-electron chi connectivity index (χ2n) is 9.34. The Labute approximate surface area is 211 Å². The minimum Gasteiger partial charge on any atom is -0.465 e. The molecule has 0 aliphatic carbocycles. The number of amides is 2. The van der Waals surface area contributed by atoms with Crippen molar-refractivity contribution in [2.45, 2.75) is 32.1 Å². The van der Waals surface area contributed by atoms with Gasteiger partial charge in [-0.2, -0.15) is 13.2 Å². The van der Waals surface area contributed by atoms with Crippen LogP contribution in [0.3, 0.4) is 0 Å². The normalized spacial score (nSPS) is 15.7. The molecule has 36 heavy (non-hydrogen) atoms.